The second-order valence-corrected chi connectivity index (χ2v) is 8.45. The number of methoxy groups -OCH3 is 4. The van der Waals surface area contributed by atoms with Crippen molar-refractivity contribution in [1.82, 2.24) is 9.88 Å². The highest BCUT2D eigenvalue weighted by atomic mass is 32.1. The Hall–Kier alpha value is -3.26. The molecule has 32 heavy (non-hydrogen) atoms. The van der Waals surface area contributed by atoms with E-state index in [4.69, 9.17) is 18.9 Å². The van der Waals surface area contributed by atoms with E-state index in [1.807, 2.05) is 42.2 Å². The zero-order valence-electron chi connectivity index (χ0n) is 18.9. The maximum absolute atomic E-state index is 13.4. The number of fused-ring (bicyclic) bond motifs is 1. The molecule has 8 heteroatoms. The first-order chi connectivity index (χ1) is 15.5. The molecule has 4 rings (SSSR count). The van der Waals surface area contributed by atoms with Crippen molar-refractivity contribution in [2.45, 2.75) is 19.9 Å². The third-order valence-electron chi connectivity index (χ3n) is 5.63. The van der Waals surface area contributed by atoms with Gasteiger partial charge in [0.05, 0.1) is 34.1 Å². The molecule has 7 nitrogen and oxygen atoms in total. The maximum atomic E-state index is 13.4. The van der Waals surface area contributed by atoms with Crippen LogP contribution in [-0.4, -0.2) is 50.8 Å². The minimum Gasteiger partial charge on any atom is -0.493 e. The number of aromatic nitrogens is 1. The third kappa shape index (κ3) is 3.98. The van der Waals surface area contributed by atoms with Gasteiger partial charge in [-0.15, -0.1) is 11.3 Å². The summed E-state index contributed by atoms with van der Waals surface area (Å²) in [6.45, 7) is 3.04. The molecule has 1 aliphatic heterocycles. The number of hydrogen-bond acceptors (Lipinski definition) is 7. The summed E-state index contributed by atoms with van der Waals surface area (Å²) in [5.41, 5.74) is 3.86. The van der Waals surface area contributed by atoms with E-state index in [1.165, 1.54) is 16.9 Å². The number of nitrogens with zero attached hydrogens (tertiary/aromatic N) is 2. The van der Waals surface area contributed by atoms with Gasteiger partial charge in [0.25, 0.3) is 5.91 Å². The first-order valence-electron chi connectivity index (χ1n) is 10.2. The van der Waals surface area contributed by atoms with Gasteiger partial charge in [-0.2, -0.15) is 0 Å². The Labute approximate surface area is 191 Å². The number of carbonyl (C=O) groups excluding carboxylic acids is 1. The SMILES string of the molecule is COc1ccc(-c2nc(C)c(C(=O)N3CCc4cc(OC)c(OC)cc4C3)s2)cc1OC. The van der Waals surface area contributed by atoms with Gasteiger partial charge in [-0.1, -0.05) is 0 Å². The zero-order valence-corrected chi connectivity index (χ0v) is 19.7. The second-order valence-electron chi connectivity index (χ2n) is 7.46. The lowest BCUT2D eigenvalue weighted by molar-refractivity contribution is 0.0738. The highest BCUT2D eigenvalue weighted by Gasteiger charge is 2.27. The van der Waals surface area contributed by atoms with E-state index in [1.54, 1.807) is 28.4 Å². The van der Waals surface area contributed by atoms with Crippen LogP contribution in [0, 0.1) is 6.92 Å². The molecule has 0 radical (unpaired) electrons. The minimum absolute atomic E-state index is 0.00726. The van der Waals surface area contributed by atoms with E-state index in [2.05, 4.69) is 4.98 Å². The molecule has 0 aliphatic carbocycles. The van der Waals surface area contributed by atoms with Crippen molar-refractivity contribution in [1.29, 1.82) is 0 Å². The van der Waals surface area contributed by atoms with Crippen molar-refractivity contribution in [3.63, 3.8) is 0 Å². The van der Waals surface area contributed by atoms with Crippen molar-refractivity contribution in [3.05, 3.63) is 52.0 Å². The Morgan fingerprint density at radius 3 is 2.19 bits per heavy atom. The molecule has 0 atom stereocenters. The first-order valence-corrected chi connectivity index (χ1v) is 11.0. The molecule has 0 saturated heterocycles. The lowest BCUT2D eigenvalue weighted by Crippen LogP contribution is -2.35. The van der Waals surface area contributed by atoms with Crippen LogP contribution in [0.15, 0.2) is 30.3 Å². The molecular weight excluding hydrogens is 428 g/mol. The largest absolute Gasteiger partial charge is 0.493 e. The van der Waals surface area contributed by atoms with Gasteiger partial charge < -0.3 is 23.8 Å². The number of thiazole rings is 1. The number of rotatable bonds is 6. The number of amides is 1. The summed E-state index contributed by atoms with van der Waals surface area (Å²) in [4.78, 5) is 20.6. The van der Waals surface area contributed by atoms with Gasteiger partial charge in [-0.3, -0.25) is 4.79 Å². The minimum atomic E-state index is -0.00726. The molecule has 0 fully saturated rings. The normalized spacial score (nSPS) is 12.8. The van der Waals surface area contributed by atoms with Crippen molar-refractivity contribution in [2.75, 3.05) is 35.0 Å². The monoisotopic (exact) mass is 454 g/mol. The highest BCUT2D eigenvalue weighted by molar-refractivity contribution is 7.17. The Balaban J connectivity index is 1.59. The Kier molecular flexibility index (Phi) is 6.23. The fourth-order valence-corrected chi connectivity index (χ4v) is 4.92. The average Bonchev–Trinajstić information content (AvgIpc) is 3.23. The molecule has 2 aromatic carbocycles. The molecule has 1 aromatic heterocycles. The van der Waals surface area contributed by atoms with Gasteiger partial charge in [-0.25, -0.2) is 4.98 Å². The predicted molar refractivity (Wildman–Crippen MR) is 123 cm³/mol. The van der Waals surface area contributed by atoms with Gasteiger partial charge in [0.1, 0.15) is 9.88 Å². The molecule has 0 N–H and O–H groups in total. The van der Waals surface area contributed by atoms with Crippen molar-refractivity contribution in [3.8, 4) is 33.6 Å². The fraction of sp³-hybridized carbons (Fsp3) is 0.333. The molecular formula is C24H26N2O5S. The van der Waals surface area contributed by atoms with E-state index in [9.17, 15) is 4.79 Å². The van der Waals surface area contributed by atoms with Crippen LogP contribution in [0.4, 0.5) is 0 Å². The topological polar surface area (TPSA) is 70.1 Å². The van der Waals surface area contributed by atoms with E-state index < -0.39 is 0 Å². The average molecular weight is 455 g/mol. The number of benzene rings is 2. The smallest absolute Gasteiger partial charge is 0.266 e. The molecule has 0 spiro atoms. The van der Waals surface area contributed by atoms with E-state index in [-0.39, 0.29) is 5.91 Å². The van der Waals surface area contributed by atoms with Crippen molar-refractivity contribution in [2.24, 2.45) is 0 Å². The number of carbonyl (C=O) groups is 1. The van der Waals surface area contributed by atoms with E-state index in [0.29, 0.717) is 41.0 Å². The molecule has 3 aromatic rings. The van der Waals surface area contributed by atoms with Gasteiger partial charge >= 0.3 is 0 Å². The Morgan fingerprint density at radius 2 is 1.53 bits per heavy atom. The predicted octanol–water partition coefficient (Wildman–Crippen LogP) is 4.35. The van der Waals surface area contributed by atoms with Crippen LogP contribution in [-0.2, 0) is 13.0 Å². The van der Waals surface area contributed by atoms with E-state index >= 15 is 0 Å². The molecule has 1 amide bonds. The Morgan fingerprint density at radius 1 is 0.906 bits per heavy atom. The van der Waals surface area contributed by atoms with Crippen LogP contribution in [0.3, 0.4) is 0 Å². The third-order valence-corrected chi connectivity index (χ3v) is 6.82. The van der Waals surface area contributed by atoms with Crippen molar-refractivity contribution < 1.29 is 23.7 Å². The summed E-state index contributed by atoms with van der Waals surface area (Å²) in [5.74, 6) is 2.66. The van der Waals surface area contributed by atoms with Gasteiger partial charge in [0.2, 0.25) is 0 Å². The summed E-state index contributed by atoms with van der Waals surface area (Å²) in [6, 6.07) is 9.60. The maximum Gasteiger partial charge on any atom is 0.266 e. The summed E-state index contributed by atoms with van der Waals surface area (Å²) < 4.78 is 21.6. The van der Waals surface area contributed by atoms with Crippen molar-refractivity contribution >= 4 is 17.2 Å². The molecule has 168 valence electrons. The number of hydrogen-bond donors (Lipinski definition) is 0. The lowest BCUT2D eigenvalue weighted by atomic mass is 9.98. The van der Waals surface area contributed by atoms with Crippen LogP contribution in [0.25, 0.3) is 10.6 Å². The van der Waals surface area contributed by atoms with Crippen LogP contribution >= 0.6 is 11.3 Å². The fourth-order valence-electron chi connectivity index (χ4n) is 3.89. The summed E-state index contributed by atoms with van der Waals surface area (Å²) in [5, 5.41) is 0.774. The Bertz CT molecular complexity index is 1160. The molecule has 0 unspecified atom stereocenters. The van der Waals surface area contributed by atoms with Gasteiger partial charge in [0.15, 0.2) is 23.0 Å². The molecule has 0 saturated carbocycles. The summed E-state index contributed by atoms with van der Waals surface area (Å²) in [7, 11) is 6.45. The molecule has 1 aliphatic rings. The van der Waals surface area contributed by atoms with Gasteiger partial charge in [-0.05, 0) is 54.8 Å². The lowest BCUT2D eigenvalue weighted by Gasteiger charge is -2.29. The number of ether oxygens (including phenoxy) is 4. The highest BCUT2D eigenvalue weighted by Crippen LogP contribution is 2.37. The molecule has 2 heterocycles. The summed E-state index contributed by atoms with van der Waals surface area (Å²) >= 11 is 1.40. The van der Waals surface area contributed by atoms with Crippen LogP contribution in [0.1, 0.15) is 26.5 Å². The zero-order chi connectivity index (χ0) is 22.8. The van der Waals surface area contributed by atoms with Gasteiger partial charge in [0, 0.05) is 18.7 Å². The van der Waals surface area contributed by atoms with E-state index in [0.717, 1.165) is 28.2 Å². The van der Waals surface area contributed by atoms with Crippen LogP contribution in [0.5, 0.6) is 23.0 Å². The van der Waals surface area contributed by atoms with Crippen LogP contribution in [0.2, 0.25) is 0 Å². The van der Waals surface area contributed by atoms with Crippen LogP contribution < -0.4 is 18.9 Å². The molecule has 0 bridgehead atoms. The first kappa shape index (κ1) is 22.0. The quantitative estimate of drug-likeness (QED) is 0.552. The summed E-state index contributed by atoms with van der Waals surface area (Å²) in [6.07, 6.45) is 0.766. The second kappa shape index (κ2) is 9.08. The number of aryl methyl sites for hydroxylation is 1. The standard InChI is InChI=1S/C24H26N2O5S/c1-14-22(32-23(25-14)16-6-7-18(28-2)19(11-16)29-3)24(27)26-9-8-15-10-20(30-4)21(31-5)12-17(15)13-26/h6-7,10-12H,8-9,13H2,1-5H3.